The maximum atomic E-state index is 6.08. The van der Waals surface area contributed by atoms with Gasteiger partial charge >= 0.3 is 0 Å². The van der Waals surface area contributed by atoms with Crippen LogP contribution in [0.2, 0.25) is 0 Å². The predicted molar refractivity (Wildman–Crippen MR) is 114 cm³/mol. The van der Waals surface area contributed by atoms with Crippen LogP contribution in [-0.4, -0.2) is 9.97 Å². The van der Waals surface area contributed by atoms with E-state index in [4.69, 9.17) is 14.4 Å². The number of rotatable bonds is 1. The molecular formula is C25H16N2O. The summed E-state index contributed by atoms with van der Waals surface area (Å²) in [7, 11) is 0. The molecule has 0 bridgehead atoms. The lowest BCUT2D eigenvalue weighted by atomic mass is 9.98. The van der Waals surface area contributed by atoms with E-state index in [1.165, 1.54) is 5.39 Å². The Morgan fingerprint density at radius 3 is 2.36 bits per heavy atom. The molecule has 0 unspecified atom stereocenters. The van der Waals surface area contributed by atoms with Crippen molar-refractivity contribution in [2.24, 2.45) is 0 Å². The highest BCUT2D eigenvalue weighted by molar-refractivity contribution is 6.16. The first-order chi connectivity index (χ1) is 13.8. The molecule has 0 N–H and O–H groups in total. The number of furan rings is 1. The minimum absolute atomic E-state index is 0.767. The van der Waals surface area contributed by atoms with Gasteiger partial charge in [-0.1, -0.05) is 60.7 Å². The van der Waals surface area contributed by atoms with Gasteiger partial charge in [-0.05, 0) is 30.5 Å². The third-order valence-corrected chi connectivity index (χ3v) is 5.36. The molecule has 2 heterocycles. The third-order valence-electron chi connectivity index (χ3n) is 5.36. The molecule has 6 rings (SSSR count). The fourth-order valence-electron chi connectivity index (χ4n) is 4.15. The lowest BCUT2D eigenvalue weighted by Gasteiger charge is -2.10. The first-order valence-electron chi connectivity index (χ1n) is 9.36. The van der Waals surface area contributed by atoms with Crippen molar-refractivity contribution in [3.8, 4) is 11.3 Å². The third kappa shape index (κ3) is 2.10. The van der Waals surface area contributed by atoms with Gasteiger partial charge in [-0.3, -0.25) is 0 Å². The van der Waals surface area contributed by atoms with Crippen molar-refractivity contribution in [2.75, 3.05) is 0 Å². The van der Waals surface area contributed by atoms with Gasteiger partial charge in [0.05, 0.1) is 11.2 Å². The lowest BCUT2D eigenvalue weighted by molar-refractivity contribution is 0.669. The summed E-state index contributed by atoms with van der Waals surface area (Å²) in [5, 5.41) is 5.60. The molecule has 0 fully saturated rings. The average molecular weight is 360 g/mol. The van der Waals surface area contributed by atoms with E-state index in [0.717, 1.165) is 55.3 Å². The highest BCUT2D eigenvalue weighted by atomic mass is 16.3. The molecule has 4 aromatic carbocycles. The molecule has 3 heteroatoms. The van der Waals surface area contributed by atoms with Crippen LogP contribution in [0, 0.1) is 6.92 Å². The lowest BCUT2D eigenvalue weighted by Crippen LogP contribution is -1.95. The largest absolute Gasteiger partial charge is 0.456 e. The Morgan fingerprint density at radius 2 is 1.43 bits per heavy atom. The van der Waals surface area contributed by atoms with Crippen molar-refractivity contribution in [2.45, 2.75) is 6.92 Å². The van der Waals surface area contributed by atoms with Crippen molar-refractivity contribution >= 4 is 43.6 Å². The molecule has 0 atom stereocenters. The van der Waals surface area contributed by atoms with E-state index in [-0.39, 0.29) is 0 Å². The molecule has 0 saturated heterocycles. The summed E-state index contributed by atoms with van der Waals surface area (Å²) in [4.78, 5) is 9.65. The summed E-state index contributed by atoms with van der Waals surface area (Å²) < 4.78 is 6.08. The Bertz CT molecular complexity index is 1530. The number of hydrogen-bond donors (Lipinski definition) is 0. The van der Waals surface area contributed by atoms with E-state index in [1.54, 1.807) is 0 Å². The minimum atomic E-state index is 0.767. The smallest absolute Gasteiger partial charge is 0.136 e. The van der Waals surface area contributed by atoms with Gasteiger partial charge in [0.2, 0.25) is 0 Å². The molecule has 0 saturated carbocycles. The highest BCUT2D eigenvalue weighted by Gasteiger charge is 2.16. The van der Waals surface area contributed by atoms with Crippen LogP contribution in [0.3, 0.4) is 0 Å². The van der Waals surface area contributed by atoms with Crippen LogP contribution >= 0.6 is 0 Å². The van der Waals surface area contributed by atoms with E-state index < -0.39 is 0 Å². The van der Waals surface area contributed by atoms with Crippen LogP contribution in [0.4, 0.5) is 0 Å². The molecule has 0 spiro atoms. The Labute approximate surface area is 161 Å². The number of aromatic nitrogens is 2. The zero-order valence-electron chi connectivity index (χ0n) is 15.3. The Balaban J connectivity index is 1.80. The van der Waals surface area contributed by atoms with Crippen molar-refractivity contribution in [1.82, 2.24) is 9.97 Å². The van der Waals surface area contributed by atoms with Crippen LogP contribution in [0.5, 0.6) is 0 Å². The van der Waals surface area contributed by atoms with Crippen LogP contribution in [0.25, 0.3) is 54.9 Å². The molecule has 0 aliphatic rings. The van der Waals surface area contributed by atoms with Gasteiger partial charge in [0, 0.05) is 27.1 Å². The van der Waals surface area contributed by atoms with E-state index >= 15 is 0 Å². The molecule has 0 radical (unpaired) electrons. The fraction of sp³-hybridized carbons (Fsp3) is 0.0400. The maximum Gasteiger partial charge on any atom is 0.136 e. The van der Waals surface area contributed by atoms with E-state index in [1.807, 2.05) is 37.3 Å². The first-order valence-corrected chi connectivity index (χ1v) is 9.36. The van der Waals surface area contributed by atoms with E-state index in [9.17, 15) is 0 Å². The topological polar surface area (TPSA) is 38.9 Å². The van der Waals surface area contributed by atoms with Gasteiger partial charge in [0.15, 0.2) is 0 Å². The fourth-order valence-corrected chi connectivity index (χ4v) is 4.15. The van der Waals surface area contributed by atoms with Crippen LogP contribution in [-0.2, 0) is 0 Å². The summed E-state index contributed by atoms with van der Waals surface area (Å²) >= 11 is 0. The molecule has 132 valence electrons. The zero-order chi connectivity index (χ0) is 18.7. The summed E-state index contributed by atoms with van der Waals surface area (Å²) in [5.41, 5.74) is 4.79. The summed E-state index contributed by atoms with van der Waals surface area (Å²) in [6, 6.07) is 27.0. The molecule has 28 heavy (non-hydrogen) atoms. The van der Waals surface area contributed by atoms with Gasteiger partial charge in [-0.2, -0.15) is 0 Å². The molecule has 2 aromatic heterocycles. The van der Waals surface area contributed by atoms with Gasteiger partial charge in [0.1, 0.15) is 17.0 Å². The molecule has 0 aliphatic heterocycles. The second kappa shape index (κ2) is 5.64. The summed E-state index contributed by atoms with van der Waals surface area (Å²) in [5.74, 6) is 0.767. The normalized spacial score (nSPS) is 11.8. The Kier molecular flexibility index (Phi) is 3.09. The van der Waals surface area contributed by atoms with Crippen molar-refractivity contribution in [3.63, 3.8) is 0 Å². The van der Waals surface area contributed by atoms with Crippen molar-refractivity contribution in [3.05, 3.63) is 84.7 Å². The predicted octanol–water partition coefficient (Wildman–Crippen LogP) is 6.66. The van der Waals surface area contributed by atoms with Crippen LogP contribution < -0.4 is 0 Å². The molecular weight excluding hydrogens is 344 g/mol. The monoisotopic (exact) mass is 360 g/mol. The van der Waals surface area contributed by atoms with Gasteiger partial charge in [-0.15, -0.1) is 0 Å². The second-order valence-electron chi connectivity index (χ2n) is 7.08. The number of nitrogens with zero attached hydrogens (tertiary/aromatic N) is 2. The quantitative estimate of drug-likeness (QED) is 0.308. The standard InChI is InChI=1S/C25H16N2O/c1-15-26-24-17-8-3-2-7-16(17)13-14-20(24)25(27-15)19-10-6-12-22-23(19)18-9-4-5-11-21(18)28-22/h2-14H,1H3. The van der Waals surface area contributed by atoms with Gasteiger partial charge in [-0.25, -0.2) is 9.97 Å². The van der Waals surface area contributed by atoms with Gasteiger partial charge in [0.25, 0.3) is 0 Å². The number of para-hydroxylation sites is 1. The molecule has 6 aromatic rings. The average Bonchev–Trinajstić information content (AvgIpc) is 3.12. The van der Waals surface area contributed by atoms with E-state index in [0.29, 0.717) is 0 Å². The Morgan fingerprint density at radius 1 is 0.643 bits per heavy atom. The number of fused-ring (bicyclic) bond motifs is 6. The molecule has 0 amide bonds. The van der Waals surface area contributed by atoms with E-state index in [2.05, 4.69) is 48.5 Å². The van der Waals surface area contributed by atoms with Gasteiger partial charge < -0.3 is 4.42 Å². The SMILES string of the molecule is Cc1nc(-c2cccc3oc4ccccc4c23)c2ccc3ccccc3c2n1. The zero-order valence-corrected chi connectivity index (χ0v) is 15.3. The summed E-state index contributed by atoms with van der Waals surface area (Å²) in [6.45, 7) is 1.96. The molecule has 3 nitrogen and oxygen atoms in total. The van der Waals surface area contributed by atoms with Crippen LogP contribution in [0.1, 0.15) is 5.82 Å². The maximum absolute atomic E-state index is 6.08. The Hall–Kier alpha value is -3.72. The van der Waals surface area contributed by atoms with Crippen molar-refractivity contribution in [1.29, 1.82) is 0 Å². The van der Waals surface area contributed by atoms with Crippen LogP contribution in [0.15, 0.2) is 83.3 Å². The number of aryl methyl sites for hydroxylation is 1. The summed E-state index contributed by atoms with van der Waals surface area (Å²) in [6.07, 6.45) is 0. The second-order valence-corrected chi connectivity index (χ2v) is 7.08. The molecule has 0 aliphatic carbocycles. The minimum Gasteiger partial charge on any atom is -0.456 e. The number of benzene rings is 4. The highest BCUT2D eigenvalue weighted by Crippen LogP contribution is 2.39. The number of hydrogen-bond acceptors (Lipinski definition) is 3. The van der Waals surface area contributed by atoms with Crippen molar-refractivity contribution < 1.29 is 4.42 Å². The first kappa shape index (κ1) is 15.3.